The van der Waals surface area contributed by atoms with E-state index in [9.17, 15) is 4.79 Å². The Bertz CT molecular complexity index is 801. The third-order valence-electron chi connectivity index (χ3n) is 3.89. The fraction of sp³-hybridized carbons (Fsp3) is 0.500. The van der Waals surface area contributed by atoms with Crippen LogP contribution in [0, 0.1) is 5.41 Å². The molecule has 0 aliphatic carbocycles. The summed E-state index contributed by atoms with van der Waals surface area (Å²) in [6.45, 7) is 7.13. The molecule has 0 unspecified atom stereocenters. The summed E-state index contributed by atoms with van der Waals surface area (Å²) in [7, 11) is 1.80. The summed E-state index contributed by atoms with van der Waals surface area (Å²) in [5.74, 6) is 0.779. The van der Waals surface area contributed by atoms with Gasteiger partial charge in [0.05, 0.1) is 17.1 Å². The van der Waals surface area contributed by atoms with Gasteiger partial charge in [0.15, 0.2) is 5.82 Å². The van der Waals surface area contributed by atoms with E-state index in [1.807, 2.05) is 15.3 Å². The first-order chi connectivity index (χ1) is 10.3. The predicted molar refractivity (Wildman–Crippen MR) is 92.4 cm³/mol. The van der Waals surface area contributed by atoms with Gasteiger partial charge in [0.25, 0.3) is 0 Å². The molecule has 0 fully saturated rings. The Hall–Kier alpha value is -1.82. The Labute approximate surface area is 134 Å². The molecule has 3 heterocycles. The van der Waals surface area contributed by atoms with Crippen LogP contribution in [0.15, 0.2) is 20.5 Å². The molecule has 0 amide bonds. The van der Waals surface area contributed by atoms with E-state index < -0.39 is 0 Å². The number of rotatable bonds is 2. The van der Waals surface area contributed by atoms with Crippen molar-refractivity contribution in [3.05, 3.63) is 32.5 Å². The van der Waals surface area contributed by atoms with Crippen molar-refractivity contribution in [1.82, 2.24) is 9.13 Å². The molecule has 22 heavy (non-hydrogen) atoms. The zero-order chi connectivity index (χ0) is 16.1. The van der Waals surface area contributed by atoms with Gasteiger partial charge in [-0.05, 0) is 18.3 Å². The van der Waals surface area contributed by atoms with Crippen LogP contribution in [0.1, 0.15) is 38.4 Å². The van der Waals surface area contributed by atoms with E-state index in [0.717, 1.165) is 41.3 Å². The van der Waals surface area contributed by atoms with Crippen LogP contribution in [0.4, 0.5) is 11.5 Å². The molecule has 5 nitrogen and oxygen atoms in total. The third kappa shape index (κ3) is 2.52. The smallest absolute Gasteiger partial charge is 0.329 e. The average Bonchev–Trinajstić information content (AvgIpc) is 2.95. The summed E-state index contributed by atoms with van der Waals surface area (Å²) in [4.78, 5) is 17.3. The van der Waals surface area contributed by atoms with Gasteiger partial charge in [-0.25, -0.2) is 9.79 Å². The Morgan fingerprint density at radius 3 is 2.64 bits per heavy atom. The number of fused-ring (bicyclic) bond motifs is 1. The van der Waals surface area contributed by atoms with E-state index in [1.165, 1.54) is 0 Å². The van der Waals surface area contributed by atoms with Gasteiger partial charge < -0.3 is 5.73 Å². The molecular formula is C16H22N4OS. The van der Waals surface area contributed by atoms with E-state index >= 15 is 0 Å². The molecule has 0 saturated heterocycles. The molecule has 2 aromatic heterocycles. The molecular weight excluding hydrogens is 296 g/mol. The number of nitrogen functional groups attached to an aromatic ring is 1. The number of imidazole rings is 1. The van der Waals surface area contributed by atoms with E-state index in [0.29, 0.717) is 6.54 Å². The highest BCUT2D eigenvalue weighted by atomic mass is 32.1. The van der Waals surface area contributed by atoms with Gasteiger partial charge in [-0.3, -0.25) is 9.13 Å². The van der Waals surface area contributed by atoms with Crippen molar-refractivity contribution in [3.8, 4) is 0 Å². The minimum absolute atomic E-state index is 0.0169. The third-order valence-corrected chi connectivity index (χ3v) is 4.66. The molecule has 6 heteroatoms. The average molecular weight is 318 g/mol. The predicted octanol–water partition coefficient (Wildman–Crippen LogP) is 2.94. The molecule has 1 aliphatic heterocycles. The minimum Gasteiger partial charge on any atom is -0.398 e. The van der Waals surface area contributed by atoms with E-state index in [1.54, 1.807) is 23.0 Å². The van der Waals surface area contributed by atoms with Gasteiger partial charge in [-0.1, -0.05) is 20.8 Å². The van der Waals surface area contributed by atoms with Crippen LogP contribution in [0.3, 0.4) is 0 Å². The number of aromatic nitrogens is 2. The van der Waals surface area contributed by atoms with Crippen molar-refractivity contribution >= 4 is 28.6 Å². The van der Waals surface area contributed by atoms with Crippen LogP contribution in [-0.4, -0.2) is 14.8 Å². The molecule has 118 valence electrons. The number of nitrogens with zero attached hydrogens (tertiary/aromatic N) is 3. The standard InChI is InChI=1S/C16H22N4OS/c1-16(2,3)9-20-13-6-5-12(10-7-22-8-11(10)17)18-14(13)19(4)15(20)21/h7-8H,5-6,9,17H2,1-4H3. The maximum Gasteiger partial charge on any atom is 0.329 e. The van der Waals surface area contributed by atoms with Crippen LogP contribution >= 0.6 is 11.3 Å². The second-order valence-corrected chi connectivity index (χ2v) is 7.80. The van der Waals surface area contributed by atoms with Crippen molar-refractivity contribution in [2.75, 3.05) is 5.73 Å². The first-order valence-corrected chi connectivity index (χ1v) is 8.40. The summed E-state index contributed by atoms with van der Waals surface area (Å²) < 4.78 is 3.54. The zero-order valence-electron chi connectivity index (χ0n) is 13.5. The van der Waals surface area contributed by atoms with E-state index in [4.69, 9.17) is 10.7 Å². The molecule has 1 aliphatic rings. The minimum atomic E-state index is 0.0169. The van der Waals surface area contributed by atoms with Crippen LogP contribution in [0.2, 0.25) is 0 Å². The Balaban J connectivity index is 2.10. The van der Waals surface area contributed by atoms with E-state index in [-0.39, 0.29) is 11.1 Å². The van der Waals surface area contributed by atoms with Crippen LogP contribution < -0.4 is 11.4 Å². The summed E-state index contributed by atoms with van der Waals surface area (Å²) >= 11 is 1.58. The van der Waals surface area contributed by atoms with Crippen molar-refractivity contribution in [2.24, 2.45) is 17.5 Å². The number of thiophene rings is 1. The summed E-state index contributed by atoms with van der Waals surface area (Å²) in [6.07, 6.45) is 1.65. The van der Waals surface area contributed by atoms with E-state index in [2.05, 4.69) is 20.8 Å². The number of nitrogens with two attached hydrogens (primary N) is 1. The second-order valence-electron chi connectivity index (χ2n) is 7.06. The number of hydrogen-bond donors (Lipinski definition) is 1. The number of anilines is 1. The van der Waals surface area contributed by atoms with Crippen LogP contribution in [0.5, 0.6) is 0 Å². The Kier molecular flexibility index (Phi) is 3.51. The van der Waals surface area contributed by atoms with Crippen molar-refractivity contribution in [3.63, 3.8) is 0 Å². The quantitative estimate of drug-likeness (QED) is 0.925. The summed E-state index contributed by atoms with van der Waals surface area (Å²) in [5.41, 5.74) is 9.88. The van der Waals surface area contributed by atoms with Gasteiger partial charge in [-0.15, -0.1) is 11.3 Å². The van der Waals surface area contributed by atoms with Gasteiger partial charge in [0, 0.05) is 29.9 Å². The molecule has 2 aromatic rings. The molecule has 0 saturated carbocycles. The summed E-state index contributed by atoms with van der Waals surface area (Å²) in [5, 5.41) is 3.96. The molecule has 0 atom stereocenters. The molecule has 3 rings (SSSR count). The molecule has 0 spiro atoms. The highest BCUT2D eigenvalue weighted by molar-refractivity contribution is 7.08. The monoisotopic (exact) mass is 318 g/mol. The lowest BCUT2D eigenvalue weighted by atomic mass is 9.96. The fourth-order valence-electron chi connectivity index (χ4n) is 2.88. The fourth-order valence-corrected chi connectivity index (χ4v) is 3.63. The highest BCUT2D eigenvalue weighted by Crippen LogP contribution is 2.31. The van der Waals surface area contributed by atoms with Gasteiger partial charge >= 0.3 is 5.69 Å². The van der Waals surface area contributed by atoms with Gasteiger partial charge in [0.2, 0.25) is 0 Å². The van der Waals surface area contributed by atoms with Crippen LogP contribution in [-0.2, 0) is 20.0 Å². The van der Waals surface area contributed by atoms with Gasteiger partial charge in [0.1, 0.15) is 0 Å². The SMILES string of the molecule is Cn1c2c(n(CC(C)(C)C)c1=O)CCC(c1cscc1N)=N2. The second kappa shape index (κ2) is 5.12. The van der Waals surface area contributed by atoms with Crippen molar-refractivity contribution < 1.29 is 0 Å². The first kappa shape index (κ1) is 15.1. The Morgan fingerprint density at radius 2 is 2.05 bits per heavy atom. The topological polar surface area (TPSA) is 65.3 Å². The van der Waals surface area contributed by atoms with Crippen LogP contribution in [0.25, 0.3) is 0 Å². The largest absolute Gasteiger partial charge is 0.398 e. The maximum atomic E-state index is 12.5. The number of aliphatic imine (C=N–C) groups is 1. The zero-order valence-corrected chi connectivity index (χ0v) is 14.3. The lowest BCUT2D eigenvalue weighted by Gasteiger charge is -2.21. The number of hydrogen-bond acceptors (Lipinski definition) is 4. The normalized spacial score (nSPS) is 14.8. The molecule has 2 N–H and O–H groups in total. The highest BCUT2D eigenvalue weighted by Gasteiger charge is 2.25. The molecule has 0 bridgehead atoms. The van der Waals surface area contributed by atoms with Crippen molar-refractivity contribution in [2.45, 2.75) is 40.2 Å². The van der Waals surface area contributed by atoms with Crippen molar-refractivity contribution in [1.29, 1.82) is 0 Å². The van der Waals surface area contributed by atoms with Gasteiger partial charge in [-0.2, -0.15) is 0 Å². The lowest BCUT2D eigenvalue weighted by Crippen LogP contribution is -2.29. The molecule has 0 radical (unpaired) electrons. The summed E-state index contributed by atoms with van der Waals surface area (Å²) in [6, 6.07) is 0. The maximum absolute atomic E-state index is 12.5. The lowest BCUT2D eigenvalue weighted by molar-refractivity contribution is 0.332. The Morgan fingerprint density at radius 1 is 1.32 bits per heavy atom. The first-order valence-electron chi connectivity index (χ1n) is 7.46. The molecule has 0 aromatic carbocycles.